The first kappa shape index (κ1) is 27.7. The lowest BCUT2D eigenvalue weighted by molar-refractivity contribution is -0.144. The van der Waals surface area contributed by atoms with Crippen LogP contribution in [0, 0.1) is 24.7 Å². The minimum absolute atomic E-state index is 0.328. The van der Waals surface area contributed by atoms with Gasteiger partial charge in [-0.05, 0) is 98.7 Å². The van der Waals surface area contributed by atoms with E-state index in [9.17, 15) is 9.90 Å². The standard InChI is InChI=1S/C33H45ClN2O2/c1-24-17-27(19-30(34)18-24)10-5-7-25-13-15-35(16-14-25)21-29-22-36(23-31(29)28-11-3-2-4-12-28)32(33(37)38)20-26-8-6-9-26/h2-4,11-12,17-19,25-26,29,31-32H,5-10,13-16,20-23H2,1H3,(H,37,38)/t29-,31+,32+/m0/s1. The van der Waals surface area contributed by atoms with Crippen LogP contribution in [-0.4, -0.2) is 59.6 Å². The van der Waals surface area contributed by atoms with Crippen LogP contribution in [0.3, 0.4) is 0 Å². The number of aliphatic carboxylic acids is 1. The Morgan fingerprint density at radius 1 is 1.03 bits per heavy atom. The van der Waals surface area contributed by atoms with E-state index >= 15 is 0 Å². The van der Waals surface area contributed by atoms with Crippen molar-refractivity contribution in [3.05, 3.63) is 70.2 Å². The maximum Gasteiger partial charge on any atom is 0.320 e. The van der Waals surface area contributed by atoms with Crippen LogP contribution in [0.5, 0.6) is 0 Å². The SMILES string of the molecule is Cc1cc(Cl)cc(CCCC2CCN(C[C@H]3CN([C@H](CC4CCC4)C(=O)O)C[C@@H]3c3ccccc3)CC2)c1. The van der Waals surface area contributed by atoms with Gasteiger partial charge in [0.1, 0.15) is 6.04 Å². The average molecular weight is 537 g/mol. The van der Waals surface area contributed by atoms with E-state index in [1.165, 1.54) is 74.7 Å². The van der Waals surface area contributed by atoms with Crippen LogP contribution >= 0.6 is 11.6 Å². The number of likely N-dealkylation sites (tertiary alicyclic amines) is 2. The molecule has 2 saturated heterocycles. The van der Waals surface area contributed by atoms with E-state index in [1.54, 1.807) is 0 Å². The van der Waals surface area contributed by atoms with Crippen molar-refractivity contribution in [1.29, 1.82) is 0 Å². The summed E-state index contributed by atoms with van der Waals surface area (Å²) in [5.41, 5.74) is 3.99. The lowest BCUT2D eigenvalue weighted by atomic mass is 9.80. The van der Waals surface area contributed by atoms with Gasteiger partial charge in [-0.1, -0.05) is 73.7 Å². The Bertz CT molecular complexity index is 1030. The molecule has 1 aliphatic carbocycles. The number of rotatable bonds is 11. The quantitative estimate of drug-likeness (QED) is 0.334. The molecule has 0 amide bonds. The number of hydrogen-bond acceptors (Lipinski definition) is 3. The highest BCUT2D eigenvalue weighted by Crippen LogP contribution is 2.38. The molecule has 0 aromatic heterocycles. The van der Waals surface area contributed by atoms with Crippen LogP contribution in [0.1, 0.15) is 74.0 Å². The van der Waals surface area contributed by atoms with Crippen LogP contribution < -0.4 is 0 Å². The van der Waals surface area contributed by atoms with Gasteiger partial charge in [-0.15, -0.1) is 0 Å². The molecule has 5 heteroatoms. The van der Waals surface area contributed by atoms with Gasteiger partial charge in [0.2, 0.25) is 0 Å². The Balaban J connectivity index is 1.14. The molecule has 4 nitrogen and oxygen atoms in total. The number of nitrogens with zero attached hydrogens (tertiary/aromatic N) is 2. The van der Waals surface area contributed by atoms with Gasteiger partial charge in [0.05, 0.1) is 0 Å². The monoisotopic (exact) mass is 536 g/mol. The summed E-state index contributed by atoms with van der Waals surface area (Å²) in [7, 11) is 0. The van der Waals surface area contributed by atoms with Gasteiger partial charge in [-0.25, -0.2) is 0 Å². The topological polar surface area (TPSA) is 43.8 Å². The lowest BCUT2D eigenvalue weighted by Gasteiger charge is -2.35. The maximum absolute atomic E-state index is 12.3. The zero-order chi connectivity index (χ0) is 26.5. The second kappa shape index (κ2) is 13.0. The first-order chi connectivity index (χ1) is 18.4. The third kappa shape index (κ3) is 7.20. The van der Waals surface area contributed by atoms with Crippen molar-refractivity contribution in [3.63, 3.8) is 0 Å². The maximum atomic E-state index is 12.3. The fraction of sp³-hybridized carbons (Fsp3) is 0.606. The van der Waals surface area contributed by atoms with Crippen molar-refractivity contribution in [2.75, 3.05) is 32.7 Å². The van der Waals surface area contributed by atoms with Crippen LogP contribution in [0.2, 0.25) is 5.02 Å². The second-order valence-corrected chi connectivity index (χ2v) is 12.8. The number of piperidine rings is 1. The summed E-state index contributed by atoms with van der Waals surface area (Å²) >= 11 is 6.25. The number of halogens is 1. The average Bonchev–Trinajstić information content (AvgIpc) is 3.27. The number of carboxylic acid groups (broad SMARTS) is 1. The molecule has 3 fully saturated rings. The molecule has 0 bridgehead atoms. The zero-order valence-electron chi connectivity index (χ0n) is 23.0. The summed E-state index contributed by atoms with van der Waals surface area (Å²) in [6.45, 7) is 7.32. The zero-order valence-corrected chi connectivity index (χ0v) is 23.8. The fourth-order valence-electron chi connectivity index (χ4n) is 7.21. The molecule has 2 aromatic carbocycles. The highest BCUT2D eigenvalue weighted by Gasteiger charge is 2.41. The van der Waals surface area contributed by atoms with Crippen LogP contribution in [0.25, 0.3) is 0 Å². The first-order valence-electron chi connectivity index (χ1n) is 14.9. The first-order valence-corrected chi connectivity index (χ1v) is 15.3. The van der Waals surface area contributed by atoms with Crippen molar-refractivity contribution in [2.45, 2.75) is 76.7 Å². The molecule has 38 heavy (non-hydrogen) atoms. The Kier molecular flexibility index (Phi) is 9.46. The van der Waals surface area contributed by atoms with Crippen LogP contribution in [0.15, 0.2) is 48.5 Å². The van der Waals surface area contributed by atoms with Crippen molar-refractivity contribution >= 4 is 17.6 Å². The molecule has 0 spiro atoms. The van der Waals surface area contributed by atoms with E-state index in [0.717, 1.165) is 43.4 Å². The third-order valence-corrected chi connectivity index (χ3v) is 9.80. The van der Waals surface area contributed by atoms with Gasteiger partial charge >= 0.3 is 5.97 Å². The molecule has 1 saturated carbocycles. The van der Waals surface area contributed by atoms with E-state index in [0.29, 0.717) is 17.8 Å². The van der Waals surface area contributed by atoms with Gasteiger partial charge in [-0.3, -0.25) is 9.69 Å². The Morgan fingerprint density at radius 2 is 1.79 bits per heavy atom. The van der Waals surface area contributed by atoms with Gasteiger partial charge in [0.15, 0.2) is 0 Å². The number of carbonyl (C=O) groups is 1. The van der Waals surface area contributed by atoms with Crippen molar-refractivity contribution < 1.29 is 9.90 Å². The normalized spacial score (nSPS) is 24.4. The van der Waals surface area contributed by atoms with Crippen LogP contribution in [0.4, 0.5) is 0 Å². The van der Waals surface area contributed by atoms with E-state index < -0.39 is 5.97 Å². The second-order valence-electron chi connectivity index (χ2n) is 12.4. The highest BCUT2D eigenvalue weighted by atomic mass is 35.5. The van der Waals surface area contributed by atoms with Crippen molar-refractivity contribution in [2.24, 2.45) is 17.8 Å². The summed E-state index contributed by atoms with van der Waals surface area (Å²) in [6.07, 6.45) is 10.7. The summed E-state index contributed by atoms with van der Waals surface area (Å²) < 4.78 is 0. The third-order valence-electron chi connectivity index (χ3n) is 9.58. The molecule has 3 aliphatic rings. The molecule has 206 valence electrons. The minimum Gasteiger partial charge on any atom is -0.480 e. The highest BCUT2D eigenvalue weighted by molar-refractivity contribution is 6.30. The summed E-state index contributed by atoms with van der Waals surface area (Å²) in [6, 6.07) is 16.9. The molecule has 3 atom stereocenters. The number of carboxylic acids is 1. The molecule has 0 unspecified atom stereocenters. The number of benzene rings is 2. The lowest BCUT2D eigenvalue weighted by Crippen LogP contribution is -2.43. The number of hydrogen-bond donors (Lipinski definition) is 1. The smallest absolute Gasteiger partial charge is 0.320 e. The Labute approximate surface area is 234 Å². The summed E-state index contributed by atoms with van der Waals surface area (Å²) in [5.74, 6) is 1.70. The van der Waals surface area contributed by atoms with Crippen molar-refractivity contribution in [1.82, 2.24) is 9.80 Å². The predicted molar refractivity (Wildman–Crippen MR) is 156 cm³/mol. The van der Waals surface area contributed by atoms with Gasteiger partial charge in [0.25, 0.3) is 0 Å². The molecule has 2 aliphatic heterocycles. The van der Waals surface area contributed by atoms with E-state index in [1.807, 2.05) is 6.07 Å². The molecule has 1 N–H and O–H groups in total. The molecule has 0 radical (unpaired) electrons. The minimum atomic E-state index is -0.627. The largest absolute Gasteiger partial charge is 0.480 e. The van der Waals surface area contributed by atoms with Crippen LogP contribution in [-0.2, 0) is 11.2 Å². The summed E-state index contributed by atoms with van der Waals surface area (Å²) in [4.78, 5) is 17.3. The molecule has 2 aromatic rings. The van der Waals surface area contributed by atoms with E-state index in [-0.39, 0.29) is 6.04 Å². The fourth-order valence-corrected chi connectivity index (χ4v) is 7.53. The Hall–Kier alpha value is -1.88. The number of aryl methyl sites for hydroxylation is 2. The molecule has 2 heterocycles. The van der Waals surface area contributed by atoms with Gasteiger partial charge in [-0.2, -0.15) is 0 Å². The van der Waals surface area contributed by atoms with E-state index in [4.69, 9.17) is 11.6 Å². The Morgan fingerprint density at radius 3 is 2.45 bits per heavy atom. The van der Waals surface area contributed by atoms with Gasteiger partial charge in [0, 0.05) is 30.6 Å². The van der Waals surface area contributed by atoms with Gasteiger partial charge < -0.3 is 10.0 Å². The molecular weight excluding hydrogens is 492 g/mol. The molecule has 5 rings (SSSR count). The summed E-state index contributed by atoms with van der Waals surface area (Å²) in [5, 5.41) is 11.0. The van der Waals surface area contributed by atoms with Crippen molar-refractivity contribution in [3.8, 4) is 0 Å². The predicted octanol–water partition coefficient (Wildman–Crippen LogP) is 7.04. The van der Waals surface area contributed by atoms with E-state index in [2.05, 4.69) is 59.2 Å². The molecular formula is C33H45ClN2O2.